The van der Waals surface area contributed by atoms with Crippen molar-refractivity contribution in [2.75, 3.05) is 0 Å². The molecule has 0 unspecified atom stereocenters. The first-order valence-corrected chi connectivity index (χ1v) is 6.94. The van der Waals surface area contributed by atoms with Crippen LogP contribution in [-0.2, 0) is 6.54 Å². The Morgan fingerprint density at radius 3 is 2.72 bits per heavy atom. The van der Waals surface area contributed by atoms with E-state index in [4.69, 9.17) is 4.42 Å². The van der Waals surface area contributed by atoms with E-state index in [2.05, 4.69) is 54.2 Å². The van der Waals surface area contributed by atoms with Crippen LogP contribution in [0.25, 0.3) is 11.3 Å². The molecule has 2 nitrogen and oxygen atoms in total. The third-order valence-corrected chi connectivity index (χ3v) is 3.30. The summed E-state index contributed by atoms with van der Waals surface area (Å²) in [5, 5.41) is 3.35. The van der Waals surface area contributed by atoms with Crippen LogP contribution in [0.2, 0.25) is 0 Å². The summed E-state index contributed by atoms with van der Waals surface area (Å²) in [5.74, 6) is 1.90. The molecule has 0 aliphatic rings. The molecule has 0 aliphatic heterocycles. The number of benzene rings is 1. The standard InChI is InChI=1S/C15H18BrNO/c1-10(2)17-9-13-6-7-15(18-13)14-8-12(16)5-4-11(14)3/h4-8,10,17H,9H2,1-3H3. The molecule has 1 N–H and O–H groups in total. The van der Waals surface area contributed by atoms with Gasteiger partial charge in [0.05, 0.1) is 6.54 Å². The Kier molecular flexibility index (Phi) is 4.25. The fourth-order valence-electron chi connectivity index (χ4n) is 1.78. The molecule has 2 rings (SSSR count). The monoisotopic (exact) mass is 307 g/mol. The van der Waals surface area contributed by atoms with Gasteiger partial charge in [0.15, 0.2) is 0 Å². The van der Waals surface area contributed by atoms with Crippen LogP contribution >= 0.6 is 15.9 Å². The minimum absolute atomic E-state index is 0.464. The van der Waals surface area contributed by atoms with Crippen LogP contribution in [-0.4, -0.2) is 6.04 Å². The molecule has 0 aliphatic carbocycles. The fourth-order valence-corrected chi connectivity index (χ4v) is 2.14. The Bertz CT molecular complexity index is 531. The first-order chi connectivity index (χ1) is 8.56. The van der Waals surface area contributed by atoms with E-state index in [0.717, 1.165) is 28.1 Å². The van der Waals surface area contributed by atoms with E-state index in [9.17, 15) is 0 Å². The Balaban J connectivity index is 2.21. The Hall–Kier alpha value is -1.06. The maximum Gasteiger partial charge on any atom is 0.134 e. The molecule has 18 heavy (non-hydrogen) atoms. The van der Waals surface area contributed by atoms with Crippen LogP contribution in [0.15, 0.2) is 39.2 Å². The highest BCUT2D eigenvalue weighted by atomic mass is 79.9. The van der Waals surface area contributed by atoms with E-state index in [1.807, 2.05) is 18.2 Å². The van der Waals surface area contributed by atoms with E-state index in [1.54, 1.807) is 0 Å². The second kappa shape index (κ2) is 5.72. The first-order valence-electron chi connectivity index (χ1n) is 6.15. The zero-order valence-corrected chi connectivity index (χ0v) is 12.5. The fraction of sp³-hybridized carbons (Fsp3) is 0.333. The Morgan fingerprint density at radius 1 is 1.22 bits per heavy atom. The van der Waals surface area contributed by atoms with Gasteiger partial charge >= 0.3 is 0 Å². The highest BCUT2D eigenvalue weighted by molar-refractivity contribution is 9.10. The van der Waals surface area contributed by atoms with E-state index in [1.165, 1.54) is 5.56 Å². The number of furan rings is 1. The second-order valence-corrected chi connectivity index (χ2v) is 5.68. The van der Waals surface area contributed by atoms with E-state index in [0.29, 0.717) is 6.04 Å². The smallest absolute Gasteiger partial charge is 0.134 e. The third kappa shape index (κ3) is 3.24. The predicted molar refractivity (Wildman–Crippen MR) is 78.6 cm³/mol. The lowest BCUT2D eigenvalue weighted by molar-refractivity contribution is 0.473. The Morgan fingerprint density at radius 2 is 2.00 bits per heavy atom. The molecule has 0 radical (unpaired) electrons. The van der Waals surface area contributed by atoms with Gasteiger partial charge < -0.3 is 9.73 Å². The second-order valence-electron chi connectivity index (χ2n) is 4.76. The van der Waals surface area contributed by atoms with Crippen molar-refractivity contribution < 1.29 is 4.42 Å². The highest BCUT2D eigenvalue weighted by Gasteiger charge is 2.08. The van der Waals surface area contributed by atoms with Gasteiger partial charge in [0.25, 0.3) is 0 Å². The van der Waals surface area contributed by atoms with Crippen LogP contribution in [0.1, 0.15) is 25.2 Å². The summed E-state index contributed by atoms with van der Waals surface area (Å²) in [6.45, 7) is 7.12. The van der Waals surface area contributed by atoms with Crippen molar-refractivity contribution in [2.24, 2.45) is 0 Å². The van der Waals surface area contributed by atoms with Gasteiger partial charge in [-0.25, -0.2) is 0 Å². The molecule has 2 aromatic rings. The molecule has 0 saturated heterocycles. The minimum Gasteiger partial charge on any atom is -0.460 e. The molecule has 1 aromatic heterocycles. The van der Waals surface area contributed by atoms with Crippen molar-refractivity contribution >= 4 is 15.9 Å². The summed E-state index contributed by atoms with van der Waals surface area (Å²) in [4.78, 5) is 0. The maximum absolute atomic E-state index is 5.87. The van der Waals surface area contributed by atoms with Gasteiger partial charge in [-0.05, 0) is 36.8 Å². The van der Waals surface area contributed by atoms with Crippen LogP contribution in [0.5, 0.6) is 0 Å². The van der Waals surface area contributed by atoms with Crippen LogP contribution < -0.4 is 5.32 Å². The lowest BCUT2D eigenvalue weighted by Crippen LogP contribution is -2.21. The van der Waals surface area contributed by atoms with Gasteiger partial charge in [-0.15, -0.1) is 0 Å². The summed E-state index contributed by atoms with van der Waals surface area (Å²) in [5.41, 5.74) is 2.36. The quantitative estimate of drug-likeness (QED) is 0.898. The molecule has 0 saturated carbocycles. The summed E-state index contributed by atoms with van der Waals surface area (Å²) < 4.78 is 6.94. The van der Waals surface area contributed by atoms with Crippen molar-refractivity contribution in [2.45, 2.75) is 33.4 Å². The molecule has 0 amide bonds. The summed E-state index contributed by atoms with van der Waals surface area (Å²) >= 11 is 3.50. The summed E-state index contributed by atoms with van der Waals surface area (Å²) in [6.07, 6.45) is 0. The summed E-state index contributed by atoms with van der Waals surface area (Å²) in [7, 11) is 0. The van der Waals surface area contributed by atoms with E-state index in [-0.39, 0.29) is 0 Å². The first kappa shape index (κ1) is 13.4. The van der Waals surface area contributed by atoms with E-state index < -0.39 is 0 Å². The SMILES string of the molecule is Cc1ccc(Br)cc1-c1ccc(CNC(C)C)o1. The summed E-state index contributed by atoms with van der Waals surface area (Å²) in [6, 6.07) is 10.8. The van der Waals surface area contributed by atoms with Crippen molar-refractivity contribution in [1.29, 1.82) is 0 Å². The molecule has 3 heteroatoms. The average Bonchev–Trinajstić information content (AvgIpc) is 2.78. The number of rotatable bonds is 4. The normalized spacial score (nSPS) is 11.2. The van der Waals surface area contributed by atoms with Gasteiger partial charge in [0, 0.05) is 16.1 Å². The molecular weight excluding hydrogens is 290 g/mol. The molecule has 96 valence electrons. The highest BCUT2D eigenvalue weighted by Crippen LogP contribution is 2.28. The van der Waals surface area contributed by atoms with Crippen molar-refractivity contribution in [3.05, 3.63) is 46.1 Å². The van der Waals surface area contributed by atoms with Crippen molar-refractivity contribution in [3.8, 4) is 11.3 Å². The maximum atomic E-state index is 5.87. The predicted octanol–water partition coefficient (Wildman–Crippen LogP) is 4.52. The zero-order chi connectivity index (χ0) is 13.1. The van der Waals surface area contributed by atoms with Gasteiger partial charge in [-0.3, -0.25) is 0 Å². The molecule has 0 bridgehead atoms. The van der Waals surface area contributed by atoms with Crippen molar-refractivity contribution in [1.82, 2.24) is 5.32 Å². The molecule has 1 aromatic carbocycles. The van der Waals surface area contributed by atoms with Crippen LogP contribution in [0, 0.1) is 6.92 Å². The number of halogens is 1. The number of aryl methyl sites for hydroxylation is 1. The van der Waals surface area contributed by atoms with Crippen molar-refractivity contribution in [3.63, 3.8) is 0 Å². The van der Waals surface area contributed by atoms with Gasteiger partial charge in [0.1, 0.15) is 11.5 Å². The molecule has 0 spiro atoms. The Labute approximate surface area is 117 Å². The molecule has 0 fully saturated rings. The zero-order valence-electron chi connectivity index (χ0n) is 11.0. The number of hydrogen-bond donors (Lipinski definition) is 1. The topological polar surface area (TPSA) is 25.2 Å². The van der Waals surface area contributed by atoms with Gasteiger partial charge in [0.2, 0.25) is 0 Å². The van der Waals surface area contributed by atoms with Crippen LogP contribution in [0.3, 0.4) is 0 Å². The van der Waals surface area contributed by atoms with Crippen LogP contribution in [0.4, 0.5) is 0 Å². The minimum atomic E-state index is 0.464. The lowest BCUT2D eigenvalue weighted by Gasteiger charge is -2.06. The largest absolute Gasteiger partial charge is 0.460 e. The van der Waals surface area contributed by atoms with E-state index >= 15 is 0 Å². The third-order valence-electron chi connectivity index (χ3n) is 2.81. The molecule has 1 heterocycles. The van der Waals surface area contributed by atoms with Gasteiger partial charge in [-0.1, -0.05) is 35.8 Å². The average molecular weight is 308 g/mol. The number of nitrogens with one attached hydrogen (secondary N) is 1. The van der Waals surface area contributed by atoms with Gasteiger partial charge in [-0.2, -0.15) is 0 Å². The lowest BCUT2D eigenvalue weighted by atomic mass is 10.1. The number of hydrogen-bond acceptors (Lipinski definition) is 2. The molecular formula is C15H18BrNO. The molecule has 0 atom stereocenters.